The molecule has 6 heteroatoms. The summed E-state index contributed by atoms with van der Waals surface area (Å²) in [6, 6.07) is 4.97. The molecule has 2 aliphatic heterocycles. The van der Waals surface area contributed by atoms with E-state index in [0.29, 0.717) is 30.6 Å². The van der Waals surface area contributed by atoms with Gasteiger partial charge in [0.15, 0.2) is 0 Å². The third-order valence-electron chi connectivity index (χ3n) is 4.64. The first-order chi connectivity index (χ1) is 10.4. The molecule has 2 heterocycles. The van der Waals surface area contributed by atoms with Gasteiger partial charge in [0.05, 0.1) is 5.56 Å². The molecule has 3 rings (SSSR count). The molecule has 1 aromatic rings. The highest BCUT2D eigenvalue weighted by Gasteiger charge is 2.34. The summed E-state index contributed by atoms with van der Waals surface area (Å²) in [5.74, 6) is 0.290. The summed E-state index contributed by atoms with van der Waals surface area (Å²) in [5.41, 5.74) is -0.394. The lowest BCUT2D eigenvalue weighted by atomic mass is 9.85. The maximum atomic E-state index is 12.6. The van der Waals surface area contributed by atoms with E-state index in [1.807, 2.05) is 0 Å². The van der Waals surface area contributed by atoms with E-state index in [0.717, 1.165) is 37.9 Å². The Morgan fingerprint density at radius 3 is 2.59 bits per heavy atom. The normalized spacial score (nSPS) is 25.7. The molecule has 0 spiro atoms. The predicted octanol–water partition coefficient (Wildman–Crippen LogP) is 2.92. The Balaban J connectivity index is 1.68. The third-order valence-corrected chi connectivity index (χ3v) is 4.64. The molecule has 0 saturated carbocycles. The van der Waals surface area contributed by atoms with Crippen molar-refractivity contribution in [2.45, 2.75) is 31.5 Å². The Bertz CT molecular complexity index is 541. The first-order valence-electron chi connectivity index (χ1n) is 7.65. The van der Waals surface area contributed by atoms with E-state index >= 15 is 0 Å². The Hall–Kier alpha value is -1.56. The second kappa shape index (κ2) is 5.91. The van der Waals surface area contributed by atoms with Crippen molar-refractivity contribution in [1.29, 1.82) is 0 Å². The second-order valence-electron chi connectivity index (χ2n) is 6.08. The highest BCUT2D eigenvalue weighted by molar-refractivity contribution is 5.94. The summed E-state index contributed by atoms with van der Waals surface area (Å²) in [4.78, 5) is 14.2. The van der Waals surface area contributed by atoms with Gasteiger partial charge in [0.25, 0.3) is 5.91 Å². The lowest BCUT2D eigenvalue weighted by molar-refractivity contribution is -0.137. The molecule has 1 aromatic carbocycles. The van der Waals surface area contributed by atoms with Gasteiger partial charge in [0, 0.05) is 24.7 Å². The number of hydrogen-bond donors (Lipinski definition) is 1. The highest BCUT2D eigenvalue weighted by Crippen LogP contribution is 2.30. The average molecular weight is 312 g/mol. The first kappa shape index (κ1) is 15.3. The summed E-state index contributed by atoms with van der Waals surface area (Å²) in [5, 5.41) is 3.48. The number of likely N-dealkylation sites (tertiary alicyclic amines) is 1. The molecule has 0 bridgehead atoms. The van der Waals surface area contributed by atoms with E-state index in [4.69, 9.17) is 0 Å². The zero-order chi connectivity index (χ0) is 15.7. The van der Waals surface area contributed by atoms with E-state index < -0.39 is 11.7 Å². The number of benzene rings is 1. The number of carbonyl (C=O) groups excluding carboxylic acids is 1. The number of fused-ring (bicyclic) bond motifs is 1. The average Bonchev–Trinajstić information content (AvgIpc) is 2.53. The fourth-order valence-electron chi connectivity index (χ4n) is 3.41. The molecular formula is C16H19F3N2O. The Kier molecular flexibility index (Phi) is 4.12. The summed E-state index contributed by atoms with van der Waals surface area (Å²) < 4.78 is 37.7. The number of halogens is 3. The van der Waals surface area contributed by atoms with E-state index in [1.165, 1.54) is 12.1 Å². The van der Waals surface area contributed by atoms with E-state index in [-0.39, 0.29) is 5.91 Å². The molecular weight excluding hydrogens is 293 g/mol. The van der Waals surface area contributed by atoms with Crippen LogP contribution in [0.4, 0.5) is 13.2 Å². The molecule has 1 amide bonds. The molecule has 3 nitrogen and oxygen atoms in total. The van der Waals surface area contributed by atoms with Crippen molar-refractivity contribution < 1.29 is 18.0 Å². The summed E-state index contributed by atoms with van der Waals surface area (Å²) in [7, 11) is 0. The van der Waals surface area contributed by atoms with Gasteiger partial charge in [0.1, 0.15) is 0 Å². The van der Waals surface area contributed by atoms with Crippen LogP contribution in [0.25, 0.3) is 0 Å². The van der Waals surface area contributed by atoms with Gasteiger partial charge in [-0.2, -0.15) is 13.2 Å². The lowest BCUT2D eigenvalue weighted by Crippen LogP contribution is -2.53. The van der Waals surface area contributed by atoms with E-state index in [1.54, 1.807) is 4.90 Å². The second-order valence-corrected chi connectivity index (χ2v) is 6.08. The van der Waals surface area contributed by atoms with Gasteiger partial charge >= 0.3 is 6.18 Å². The van der Waals surface area contributed by atoms with Crippen molar-refractivity contribution in [3.8, 4) is 0 Å². The van der Waals surface area contributed by atoms with Crippen molar-refractivity contribution in [1.82, 2.24) is 10.2 Å². The standard InChI is InChI=1S/C16H19F3N2O/c17-16(18,19)13-5-3-11(4-6-13)15(22)21-9-7-14-12(10-21)2-1-8-20-14/h3-6,12,14,20H,1-2,7-10H2/t12-,14+/m1/s1. The van der Waals surface area contributed by atoms with Crippen molar-refractivity contribution in [2.75, 3.05) is 19.6 Å². The Morgan fingerprint density at radius 1 is 1.18 bits per heavy atom. The fraction of sp³-hybridized carbons (Fsp3) is 0.562. The van der Waals surface area contributed by atoms with Crippen LogP contribution in [-0.4, -0.2) is 36.5 Å². The minimum Gasteiger partial charge on any atom is -0.338 e. The molecule has 2 saturated heterocycles. The molecule has 1 N–H and O–H groups in total. The van der Waals surface area contributed by atoms with Crippen molar-refractivity contribution >= 4 is 5.91 Å². The van der Waals surface area contributed by atoms with E-state index in [9.17, 15) is 18.0 Å². The SMILES string of the molecule is O=C(c1ccc(C(F)(F)F)cc1)N1CC[C@@H]2NCCC[C@@H]2C1. The zero-order valence-corrected chi connectivity index (χ0v) is 12.2. The van der Waals surface area contributed by atoms with Crippen LogP contribution in [-0.2, 0) is 6.18 Å². The van der Waals surface area contributed by atoms with Crippen LogP contribution in [0, 0.1) is 5.92 Å². The smallest absolute Gasteiger partial charge is 0.338 e. The van der Waals surface area contributed by atoms with Crippen molar-refractivity contribution in [3.63, 3.8) is 0 Å². The van der Waals surface area contributed by atoms with Crippen LogP contribution in [0.1, 0.15) is 35.2 Å². The molecule has 2 atom stereocenters. The first-order valence-corrected chi connectivity index (χ1v) is 7.65. The lowest BCUT2D eigenvalue weighted by Gasteiger charge is -2.41. The number of rotatable bonds is 1. The molecule has 0 unspecified atom stereocenters. The number of hydrogen-bond acceptors (Lipinski definition) is 2. The van der Waals surface area contributed by atoms with Gasteiger partial charge in [-0.25, -0.2) is 0 Å². The maximum absolute atomic E-state index is 12.6. The van der Waals surface area contributed by atoms with Crippen molar-refractivity contribution in [3.05, 3.63) is 35.4 Å². The quantitative estimate of drug-likeness (QED) is 0.865. The van der Waals surface area contributed by atoms with Gasteiger partial charge < -0.3 is 10.2 Å². The number of nitrogens with zero attached hydrogens (tertiary/aromatic N) is 1. The van der Waals surface area contributed by atoms with Crippen LogP contribution >= 0.6 is 0 Å². The third kappa shape index (κ3) is 3.11. The maximum Gasteiger partial charge on any atom is 0.416 e. The Labute approximate surface area is 127 Å². The van der Waals surface area contributed by atoms with Gasteiger partial charge in [-0.05, 0) is 56.0 Å². The summed E-state index contributed by atoms with van der Waals surface area (Å²) in [6.45, 7) is 2.39. The van der Waals surface area contributed by atoms with Crippen LogP contribution in [0.5, 0.6) is 0 Å². The van der Waals surface area contributed by atoms with E-state index in [2.05, 4.69) is 5.32 Å². The zero-order valence-electron chi connectivity index (χ0n) is 12.2. The van der Waals surface area contributed by atoms with Crippen LogP contribution < -0.4 is 5.32 Å². The number of alkyl halides is 3. The molecule has 0 aromatic heterocycles. The monoisotopic (exact) mass is 312 g/mol. The van der Waals surface area contributed by atoms with Crippen molar-refractivity contribution in [2.24, 2.45) is 5.92 Å². The summed E-state index contributed by atoms with van der Waals surface area (Å²) >= 11 is 0. The molecule has 2 fully saturated rings. The van der Waals surface area contributed by atoms with Crippen LogP contribution in [0.2, 0.25) is 0 Å². The number of amides is 1. The number of nitrogens with one attached hydrogen (secondary N) is 1. The molecule has 2 aliphatic rings. The van der Waals surface area contributed by atoms with Gasteiger partial charge in [-0.15, -0.1) is 0 Å². The van der Waals surface area contributed by atoms with Gasteiger partial charge in [0.2, 0.25) is 0 Å². The largest absolute Gasteiger partial charge is 0.416 e. The van der Waals surface area contributed by atoms with Gasteiger partial charge in [-0.3, -0.25) is 4.79 Å². The molecule has 120 valence electrons. The molecule has 0 radical (unpaired) electrons. The van der Waals surface area contributed by atoms with Crippen LogP contribution in [0.15, 0.2) is 24.3 Å². The fourth-order valence-corrected chi connectivity index (χ4v) is 3.41. The van der Waals surface area contributed by atoms with Crippen LogP contribution in [0.3, 0.4) is 0 Å². The van der Waals surface area contributed by atoms with Gasteiger partial charge in [-0.1, -0.05) is 0 Å². The highest BCUT2D eigenvalue weighted by atomic mass is 19.4. The summed E-state index contributed by atoms with van der Waals surface area (Å²) in [6.07, 6.45) is -1.23. The molecule has 22 heavy (non-hydrogen) atoms. The molecule has 0 aliphatic carbocycles. The minimum atomic E-state index is -4.37. The minimum absolute atomic E-state index is 0.169. The Morgan fingerprint density at radius 2 is 1.91 bits per heavy atom. The number of piperidine rings is 2. The predicted molar refractivity (Wildman–Crippen MR) is 76.5 cm³/mol. The topological polar surface area (TPSA) is 32.3 Å². The number of carbonyl (C=O) groups is 1.